The molecular formula is C22H19Cl2N3O2. The van der Waals surface area contributed by atoms with E-state index in [-0.39, 0.29) is 18.2 Å². The topological polar surface area (TPSA) is 62.3 Å². The smallest absolute Gasteiger partial charge is 0.229 e. The molecule has 0 bridgehead atoms. The van der Waals surface area contributed by atoms with Gasteiger partial charge in [-0.15, -0.1) is 0 Å². The minimum absolute atomic E-state index is 0.140. The molecule has 7 heteroatoms. The van der Waals surface area contributed by atoms with Crippen LogP contribution in [0.3, 0.4) is 0 Å². The van der Waals surface area contributed by atoms with Crippen LogP contribution < -0.4 is 10.2 Å². The van der Waals surface area contributed by atoms with E-state index in [1.165, 1.54) is 18.0 Å². The maximum Gasteiger partial charge on any atom is 0.229 e. The third-order valence-electron chi connectivity index (χ3n) is 4.30. The Morgan fingerprint density at radius 3 is 2.48 bits per heavy atom. The van der Waals surface area contributed by atoms with Crippen LogP contribution in [0.4, 0.5) is 17.2 Å². The molecule has 0 atom stereocenters. The summed E-state index contributed by atoms with van der Waals surface area (Å²) in [5, 5.41) is 3.91. The number of carbonyl (C=O) groups is 2. The van der Waals surface area contributed by atoms with Gasteiger partial charge >= 0.3 is 0 Å². The molecule has 0 spiro atoms. The molecule has 0 radical (unpaired) electrons. The lowest BCUT2D eigenvalue weighted by molar-refractivity contribution is -0.116. The molecule has 3 rings (SSSR count). The molecule has 0 saturated heterocycles. The molecule has 0 unspecified atom stereocenters. The van der Waals surface area contributed by atoms with Crippen LogP contribution in [0.5, 0.6) is 0 Å². The van der Waals surface area contributed by atoms with Gasteiger partial charge in [0.15, 0.2) is 0 Å². The third kappa shape index (κ3) is 5.13. The number of nitrogens with zero attached hydrogens (tertiary/aromatic N) is 2. The first-order valence-electron chi connectivity index (χ1n) is 8.91. The summed E-state index contributed by atoms with van der Waals surface area (Å²) < 4.78 is 0. The molecule has 1 N–H and O–H groups in total. The van der Waals surface area contributed by atoms with E-state index in [4.69, 9.17) is 23.2 Å². The Morgan fingerprint density at radius 1 is 1.03 bits per heavy atom. The zero-order chi connectivity index (χ0) is 21.0. The van der Waals surface area contributed by atoms with E-state index < -0.39 is 0 Å². The second kappa shape index (κ2) is 9.07. The number of aryl methyl sites for hydroxylation is 1. The monoisotopic (exact) mass is 427 g/mol. The second-order valence-electron chi connectivity index (χ2n) is 6.51. The summed E-state index contributed by atoms with van der Waals surface area (Å²) >= 11 is 12.3. The largest absolute Gasteiger partial charge is 0.326 e. The van der Waals surface area contributed by atoms with Crippen LogP contribution in [0.1, 0.15) is 18.1 Å². The normalized spacial score (nSPS) is 10.5. The maximum absolute atomic E-state index is 12.4. The Kier molecular flexibility index (Phi) is 6.52. The molecule has 29 heavy (non-hydrogen) atoms. The molecule has 1 aromatic heterocycles. The average molecular weight is 428 g/mol. The van der Waals surface area contributed by atoms with Crippen LogP contribution in [0.25, 0.3) is 0 Å². The van der Waals surface area contributed by atoms with Gasteiger partial charge in [-0.25, -0.2) is 4.98 Å². The molecule has 3 aromatic rings. The molecule has 0 aliphatic rings. The van der Waals surface area contributed by atoms with Gasteiger partial charge in [-0.2, -0.15) is 0 Å². The van der Waals surface area contributed by atoms with E-state index in [0.29, 0.717) is 27.2 Å². The minimum atomic E-state index is -0.225. The van der Waals surface area contributed by atoms with Gasteiger partial charge in [0, 0.05) is 34.9 Å². The number of amides is 2. The van der Waals surface area contributed by atoms with E-state index in [1.807, 2.05) is 25.1 Å². The highest BCUT2D eigenvalue weighted by atomic mass is 35.5. The zero-order valence-electron chi connectivity index (χ0n) is 15.9. The summed E-state index contributed by atoms with van der Waals surface area (Å²) in [5.41, 5.74) is 2.77. The molecule has 5 nitrogen and oxygen atoms in total. The summed E-state index contributed by atoms with van der Waals surface area (Å²) in [5.74, 6) is -0.0621. The van der Waals surface area contributed by atoms with Crippen LogP contribution in [-0.4, -0.2) is 16.8 Å². The number of hydrogen-bond acceptors (Lipinski definition) is 3. The van der Waals surface area contributed by atoms with Crippen LogP contribution in [0.2, 0.25) is 10.0 Å². The maximum atomic E-state index is 12.4. The Balaban J connectivity index is 1.83. The lowest BCUT2D eigenvalue weighted by Gasteiger charge is -2.21. The van der Waals surface area contributed by atoms with Crippen molar-refractivity contribution in [1.82, 2.24) is 4.98 Å². The van der Waals surface area contributed by atoms with Gasteiger partial charge in [0.1, 0.15) is 5.82 Å². The first kappa shape index (κ1) is 20.8. The number of nitrogens with one attached hydrogen (secondary N) is 1. The van der Waals surface area contributed by atoms with Crippen molar-refractivity contribution in [2.75, 3.05) is 10.2 Å². The van der Waals surface area contributed by atoms with Gasteiger partial charge in [-0.05, 0) is 42.3 Å². The number of pyridine rings is 1. The summed E-state index contributed by atoms with van der Waals surface area (Å²) in [6, 6.07) is 15.8. The minimum Gasteiger partial charge on any atom is -0.326 e. The van der Waals surface area contributed by atoms with Crippen molar-refractivity contribution in [1.29, 1.82) is 0 Å². The van der Waals surface area contributed by atoms with Gasteiger partial charge < -0.3 is 5.32 Å². The van der Waals surface area contributed by atoms with Gasteiger partial charge in [-0.3, -0.25) is 14.5 Å². The van der Waals surface area contributed by atoms with Crippen LogP contribution in [-0.2, 0) is 16.0 Å². The zero-order valence-corrected chi connectivity index (χ0v) is 17.5. The van der Waals surface area contributed by atoms with Crippen molar-refractivity contribution >= 4 is 52.2 Å². The predicted molar refractivity (Wildman–Crippen MR) is 117 cm³/mol. The fraction of sp³-hybridized carbons (Fsp3) is 0.136. The number of halogens is 2. The molecule has 0 fully saturated rings. The SMILES string of the molecule is CC(=O)N(c1ccc(C)c(Cl)c1)c1cc(NC(=O)Cc2ccccc2Cl)ccn1. The fourth-order valence-corrected chi connectivity index (χ4v) is 3.21. The molecule has 2 amide bonds. The van der Waals surface area contributed by atoms with Crippen LogP contribution in [0, 0.1) is 6.92 Å². The van der Waals surface area contributed by atoms with Gasteiger partial charge in [0.25, 0.3) is 0 Å². The molecule has 0 aliphatic heterocycles. The van der Waals surface area contributed by atoms with Crippen molar-refractivity contribution in [3.05, 3.63) is 82.0 Å². The highest BCUT2D eigenvalue weighted by Gasteiger charge is 2.17. The summed E-state index contributed by atoms with van der Waals surface area (Å²) in [7, 11) is 0. The van der Waals surface area contributed by atoms with Crippen LogP contribution in [0.15, 0.2) is 60.8 Å². The van der Waals surface area contributed by atoms with Crippen molar-refractivity contribution in [2.45, 2.75) is 20.3 Å². The third-order valence-corrected chi connectivity index (χ3v) is 5.07. The Labute approximate surface area is 179 Å². The van der Waals surface area contributed by atoms with E-state index in [2.05, 4.69) is 10.3 Å². The quantitative estimate of drug-likeness (QED) is 0.579. The van der Waals surface area contributed by atoms with Crippen molar-refractivity contribution in [3.8, 4) is 0 Å². The van der Waals surface area contributed by atoms with Crippen molar-refractivity contribution in [2.24, 2.45) is 0 Å². The Morgan fingerprint density at radius 2 is 1.79 bits per heavy atom. The summed E-state index contributed by atoms with van der Waals surface area (Å²) in [6.45, 7) is 3.33. The summed E-state index contributed by atoms with van der Waals surface area (Å²) in [6.07, 6.45) is 1.67. The number of benzene rings is 2. The second-order valence-corrected chi connectivity index (χ2v) is 7.32. The van der Waals surface area contributed by atoms with Crippen molar-refractivity contribution < 1.29 is 9.59 Å². The Bertz CT molecular complexity index is 1070. The standard InChI is InChI=1S/C22H19Cl2N3O2/c1-14-7-8-18(13-20(14)24)27(15(2)28)21-12-17(9-10-25-21)26-22(29)11-16-5-3-4-6-19(16)23/h3-10,12-13H,11H2,1-2H3,(H,25,26,29). The fourth-order valence-electron chi connectivity index (χ4n) is 2.83. The van der Waals surface area contributed by atoms with E-state index >= 15 is 0 Å². The number of anilines is 3. The predicted octanol–water partition coefficient (Wildman–Crippen LogP) is 5.56. The van der Waals surface area contributed by atoms with Gasteiger partial charge in [-0.1, -0.05) is 47.5 Å². The number of rotatable bonds is 5. The van der Waals surface area contributed by atoms with Crippen LogP contribution >= 0.6 is 23.2 Å². The summed E-state index contributed by atoms with van der Waals surface area (Å²) in [4.78, 5) is 30.4. The van der Waals surface area contributed by atoms with E-state index in [1.54, 1.807) is 36.4 Å². The first-order valence-corrected chi connectivity index (χ1v) is 9.67. The molecular weight excluding hydrogens is 409 g/mol. The lowest BCUT2D eigenvalue weighted by Crippen LogP contribution is -2.24. The highest BCUT2D eigenvalue weighted by molar-refractivity contribution is 6.32. The van der Waals surface area contributed by atoms with Gasteiger partial charge in [0.05, 0.1) is 12.1 Å². The van der Waals surface area contributed by atoms with Crippen molar-refractivity contribution in [3.63, 3.8) is 0 Å². The van der Waals surface area contributed by atoms with E-state index in [9.17, 15) is 9.59 Å². The van der Waals surface area contributed by atoms with E-state index in [0.717, 1.165) is 11.1 Å². The number of aromatic nitrogens is 1. The average Bonchev–Trinajstić information content (AvgIpc) is 2.67. The molecule has 0 aliphatic carbocycles. The Hall–Kier alpha value is -2.89. The molecule has 0 saturated carbocycles. The van der Waals surface area contributed by atoms with Gasteiger partial charge in [0.2, 0.25) is 11.8 Å². The first-order chi connectivity index (χ1) is 13.8. The highest BCUT2D eigenvalue weighted by Crippen LogP contribution is 2.29. The molecule has 148 valence electrons. The number of hydrogen-bond donors (Lipinski definition) is 1. The molecule has 1 heterocycles. The molecule has 2 aromatic carbocycles. The lowest BCUT2D eigenvalue weighted by atomic mass is 10.1. The number of carbonyl (C=O) groups excluding carboxylic acids is 2.